The number of likely N-dealkylation sites (tertiary alicyclic amines) is 1. The summed E-state index contributed by atoms with van der Waals surface area (Å²) in [6.45, 7) is 10.7. The van der Waals surface area contributed by atoms with E-state index in [0.29, 0.717) is 19.5 Å². The van der Waals surface area contributed by atoms with Crippen LogP contribution in [0.4, 0.5) is 0 Å². The van der Waals surface area contributed by atoms with Gasteiger partial charge in [-0.25, -0.2) is 13.1 Å². The number of guanidine groups is 1. The van der Waals surface area contributed by atoms with E-state index in [-0.39, 0.29) is 24.0 Å². The molecule has 144 valence electrons. The van der Waals surface area contributed by atoms with Gasteiger partial charge in [0.15, 0.2) is 5.96 Å². The molecular formula is C16H35IN4O2S. The highest BCUT2D eigenvalue weighted by Gasteiger charge is 2.29. The van der Waals surface area contributed by atoms with Gasteiger partial charge >= 0.3 is 0 Å². The van der Waals surface area contributed by atoms with Gasteiger partial charge < -0.3 is 10.2 Å². The molecule has 1 rings (SSSR count). The Morgan fingerprint density at radius 1 is 1.29 bits per heavy atom. The lowest BCUT2D eigenvalue weighted by Gasteiger charge is -2.24. The predicted molar refractivity (Wildman–Crippen MR) is 113 cm³/mol. The summed E-state index contributed by atoms with van der Waals surface area (Å²) in [7, 11) is -3.10. The Morgan fingerprint density at radius 3 is 2.50 bits per heavy atom. The molecule has 0 aromatic heterocycles. The summed E-state index contributed by atoms with van der Waals surface area (Å²) in [5.41, 5.74) is 0. The zero-order valence-corrected chi connectivity index (χ0v) is 18.7. The van der Waals surface area contributed by atoms with Gasteiger partial charge in [0.1, 0.15) is 0 Å². The summed E-state index contributed by atoms with van der Waals surface area (Å²) < 4.78 is 24.6. The maximum atomic E-state index is 11.0. The maximum absolute atomic E-state index is 11.0. The summed E-state index contributed by atoms with van der Waals surface area (Å²) in [6, 6.07) is 0. The minimum atomic E-state index is -3.10. The van der Waals surface area contributed by atoms with E-state index >= 15 is 0 Å². The smallest absolute Gasteiger partial charge is 0.208 e. The van der Waals surface area contributed by atoms with Crippen molar-refractivity contribution in [3.63, 3.8) is 0 Å². The van der Waals surface area contributed by atoms with Gasteiger partial charge in [0.05, 0.1) is 6.26 Å². The largest absolute Gasteiger partial charge is 0.357 e. The van der Waals surface area contributed by atoms with Crippen LogP contribution in [0.3, 0.4) is 0 Å². The topological polar surface area (TPSA) is 73.8 Å². The van der Waals surface area contributed by atoms with Crippen molar-refractivity contribution in [3.05, 3.63) is 0 Å². The molecule has 0 radical (unpaired) electrons. The molecule has 0 aliphatic carbocycles. The molecule has 2 N–H and O–H groups in total. The number of sulfonamides is 1. The Hall–Kier alpha value is -0.0900. The number of nitrogens with one attached hydrogen (secondary N) is 2. The number of rotatable bonds is 9. The number of halogens is 1. The molecule has 1 heterocycles. The lowest BCUT2D eigenvalue weighted by atomic mass is 9.87. The molecule has 1 saturated heterocycles. The summed E-state index contributed by atoms with van der Waals surface area (Å²) in [5, 5.41) is 3.36. The molecule has 24 heavy (non-hydrogen) atoms. The number of hydrogen-bond acceptors (Lipinski definition) is 3. The number of nitrogens with zero attached hydrogens (tertiary/aromatic N) is 2. The normalized spacial score (nSPS) is 18.8. The third kappa shape index (κ3) is 8.84. The van der Waals surface area contributed by atoms with Crippen LogP contribution in [-0.4, -0.2) is 58.3 Å². The molecular weight excluding hydrogens is 439 g/mol. The second kappa shape index (κ2) is 12.3. The fraction of sp³-hybridized carbons (Fsp3) is 0.938. The molecule has 8 heteroatoms. The van der Waals surface area contributed by atoms with Crippen LogP contribution >= 0.6 is 24.0 Å². The van der Waals surface area contributed by atoms with Gasteiger partial charge in [0.2, 0.25) is 10.0 Å². The second-order valence-electron chi connectivity index (χ2n) is 6.33. The molecule has 1 aliphatic heterocycles. The lowest BCUT2D eigenvalue weighted by Crippen LogP contribution is -2.40. The SMILES string of the molecule is CCNC(=NCCCNS(C)(=O)=O)N1CCC(C(CC)CC)C1.I. The highest BCUT2D eigenvalue weighted by atomic mass is 127. The van der Waals surface area contributed by atoms with Gasteiger partial charge in [-0.15, -0.1) is 24.0 Å². The zero-order valence-electron chi connectivity index (χ0n) is 15.5. The van der Waals surface area contributed by atoms with E-state index in [4.69, 9.17) is 0 Å². The third-order valence-electron chi connectivity index (χ3n) is 4.54. The van der Waals surface area contributed by atoms with E-state index in [1.165, 1.54) is 25.5 Å². The molecule has 0 spiro atoms. The van der Waals surface area contributed by atoms with Gasteiger partial charge in [-0.3, -0.25) is 4.99 Å². The summed E-state index contributed by atoms with van der Waals surface area (Å²) in [5.74, 6) is 2.54. The van der Waals surface area contributed by atoms with Gasteiger partial charge in [0.25, 0.3) is 0 Å². The fourth-order valence-electron chi connectivity index (χ4n) is 3.27. The minimum Gasteiger partial charge on any atom is -0.357 e. The quantitative estimate of drug-likeness (QED) is 0.233. The molecule has 0 bridgehead atoms. The van der Waals surface area contributed by atoms with Gasteiger partial charge in [0, 0.05) is 32.7 Å². The fourth-order valence-corrected chi connectivity index (χ4v) is 3.78. The van der Waals surface area contributed by atoms with Crippen LogP contribution in [0.5, 0.6) is 0 Å². The van der Waals surface area contributed by atoms with Crippen LogP contribution in [0, 0.1) is 11.8 Å². The highest BCUT2D eigenvalue weighted by molar-refractivity contribution is 14.0. The predicted octanol–water partition coefficient (Wildman–Crippen LogP) is 2.27. The summed E-state index contributed by atoms with van der Waals surface area (Å²) in [6.07, 6.45) is 5.64. The molecule has 1 unspecified atom stereocenters. The first-order chi connectivity index (χ1) is 10.9. The molecule has 0 amide bonds. The van der Waals surface area contributed by atoms with Gasteiger partial charge in [-0.05, 0) is 31.6 Å². The molecule has 1 fully saturated rings. The van der Waals surface area contributed by atoms with Crippen molar-refractivity contribution < 1.29 is 8.42 Å². The molecule has 6 nitrogen and oxygen atoms in total. The molecule has 1 atom stereocenters. The Bertz CT molecular complexity index is 467. The first kappa shape index (κ1) is 23.9. The first-order valence-corrected chi connectivity index (χ1v) is 10.8. The van der Waals surface area contributed by atoms with Crippen molar-refractivity contribution in [1.82, 2.24) is 14.9 Å². The average molecular weight is 474 g/mol. The van der Waals surface area contributed by atoms with E-state index < -0.39 is 10.0 Å². The average Bonchev–Trinajstić information content (AvgIpc) is 2.95. The third-order valence-corrected chi connectivity index (χ3v) is 5.26. The molecule has 0 aromatic carbocycles. The lowest BCUT2D eigenvalue weighted by molar-refractivity contribution is 0.319. The second-order valence-corrected chi connectivity index (χ2v) is 8.16. The Kier molecular flexibility index (Phi) is 12.2. The number of aliphatic imine (C=N–C) groups is 1. The van der Waals surface area contributed by atoms with Crippen molar-refractivity contribution in [2.75, 3.05) is 39.0 Å². The Balaban J connectivity index is 0.00000529. The van der Waals surface area contributed by atoms with Gasteiger partial charge in [-0.1, -0.05) is 26.7 Å². The van der Waals surface area contributed by atoms with Crippen LogP contribution in [-0.2, 0) is 10.0 Å². The first-order valence-electron chi connectivity index (χ1n) is 8.89. The van der Waals surface area contributed by atoms with Crippen molar-refractivity contribution in [1.29, 1.82) is 0 Å². The van der Waals surface area contributed by atoms with E-state index in [2.05, 4.69) is 40.7 Å². The van der Waals surface area contributed by atoms with Crippen LogP contribution in [0.1, 0.15) is 46.5 Å². The monoisotopic (exact) mass is 474 g/mol. The number of hydrogen-bond donors (Lipinski definition) is 2. The van der Waals surface area contributed by atoms with Crippen molar-refractivity contribution >= 4 is 40.0 Å². The van der Waals surface area contributed by atoms with E-state index in [9.17, 15) is 8.42 Å². The minimum absolute atomic E-state index is 0. The van der Waals surface area contributed by atoms with E-state index in [0.717, 1.165) is 37.4 Å². The van der Waals surface area contributed by atoms with Crippen molar-refractivity contribution in [2.24, 2.45) is 16.8 Å². The van der Waals surface area contributed by atoms with Crippen LogP contribution < -0.4 is 10.0 Å². The highest BCUT2D eigenvalue weighted by Crippen LogP contribution is 2.28. The van der Waals surface area contributed by atoms with Crippen molar-refractivity contribution in [3.8, 4) is 0 Å². The molecule has 1 aliphatic rings. The van der Waals surface area contributed by atoms with E-state index in [1.807, 2.05) is 0 Å². The summed E-state index contributed by atoms with van der Waals surface area (Å²) in [4.78, 5) is 7.01. The summed E-state index contributed by atoms with van der Waals surface area (Å²) >= 11 is 0. The Labute approximate surface area is 165 Å². The van der Waals surface area contributed by atoms with E-state index in [1.54, 1.807) is 0 Å². The zero-order chi connectivity index (χ0) is 17.3. The van der Waals surface area contributed by atoms with Crippen molar-refractivity contribution in [2.45, 2.75) is 46.5 Å². The molecule has 0 saturated carbocycles. The van der Waals surface area contributed by atoms with Crippen LogP contribution in [0.15, 0.2) is 4.99 Å². The van der Waals surface area contributed by atoms with Crippen LogP contribution in [0.25, 0.3) is 0 Å². The standard InChI is InChI=1S/C16H34N4O2S.HI/c1-5-14(6-2)15-9-12-20(13-15)16(17-7-3)18-10-8-11-19-23(4,21)22;/h14-15,19H,5-13H2,1-4H3,(H,17,18);1H. The maximum Gasteiger partial charge on any atom is 0.208 e. The Morgan fingerprint density at radius 2 is 1.96 bits per heavy atom. The van der Waals surface area contributed by atoms with Gasteiger partial charge in [-0.2, -0.15) is 0 Å². The van der Waals surface area contributed by atoms with Crippen LogP contribution in [0.2, 0.25) is 0 Å². The molecule has 0 aromatic rings.